The van der Waals surface area contributed by atoms with Gasteiger partial charge in [-0.3, -0.25) is 0 Å². The Balaban J connectivity index is 1.90. The van der Waals surface area contributed by atoms with Crippen molar-refractivity contribution in [2.24, 2.45) is 0 Å². The van der Waals surface area contributed by atoms with Crippen LogP contribution in [0.25, 0.3) is 10.2 Å². The number of halogens is 4. The van der Waals surface area contributed by atoms with Crippen molar-refractivity contribution in [3.63, 3.8) is 0 Å². The van der Waals surface area contributed by atoms with Crippen LogP contribution in [0.15, 0.2) is 36.0 Å². The molecule has 2 aromatic heterocycles. The van der Waals surface area contributed by atoms with E-state index in [1.165, 1.54) is 17.7 Å². The van der Waals surface area contributed by atoms with Gasteiger partial charge >= 0.3 is 6.18 Å². The second kappa shape index (κ2) is 5.53. The first-order chi connectivity index (χ1) is 10.4. The molecule has 8 heteroatoms. The molecule has 3 rings (SSSR count). The van der Waals surface area contributed by atoms with Gasteiger partial charge in [0.2, 0.25) is 0 Å². The number of thiophene rings is 1. The Morgan fingerprint density at radius 1 is 1.14 bits per heavy atom. The van der Waals surface area contributed by atoms with Gasteiger partial charge in [0.1, 0.15) is 22.8 Å². The van der Waals surface area contributed by atoms with Crippen LogP contribution in [0.1, 0.15) is 11.1 Å². The Hall–Kier alpha value is -2.22. The number of benzene rings is 1. The predicted molar refractivity (Wildman–Crippen MR) is 76.1 cm³/mol. The quantitative estimate of drug-likeness (QED) is 0.722. The molecular weight excluding hydrogens is 318 g/mol. The third-order valence-electron chi connectivity index (χ3n) is 3.09. The number of nitrogens with one attached hydrogen (secondary N) is 1. The molecule has 0 aliphatic rings. The SMILES string of the molecule is Fc1ccc(CNc2ncnc3sccc23)c(C(F)(F)F)c1. The zero-order valence-electron chi connectivity index (χ0n) is 11.0. The molecule has 1 N–H and O–H groups in total. The Morgan fingerprint density at radius 3 is 2.73 bits per heavy atom. The highest BCUT2D eigenvalue weighted by Gasteiger charge is 2.33. The van der Waals surface area contributed by atoms with Gasteiger partial charge in [0.25, 0.3) is 0 Å². The first kappa shape index (κ1) is 14.7. The van der Waals surface area contributed by atoms with Crippen molar-refractivity contribution >= 4 is 27.4 Å². The van der Waals surface area contributed by atoms with Gasteiger partial charge in [-0.15, -0.1) is 11.3 Å². The summed E-state index contributed by atoms with van der Waals surface area (Å²) in [7, 11) is 0. The molecule has 22 heavy (non-hydrogen) atoms. The highest BCUT2D eigenvalue weighted by atomic mass is 32.1. The van der Waals surface area contributed by atoms with E-state index in [-0.39, 0.29) is 12.1 Å². The molecule has 0 aliphatic heterocycles. The van der Waals surface area contributed by atoms with E-state index >= 15 is 0 Å². The van der Waals surface area contributed by atoms with Crippen LogP contribution in [0, 0.1) is 5.82 Å². The Bertz CT molecular complexity index is 813. The molecule has 2 heterocycles. The molecule has 1 aromatic carbocycles. The monoisotopic (exact) mass is 327 g/mol. The summed E-state index contributed by atoms with van der Waals surface area (Å²) in [5.74, 6) is -0.470. The first-order valence-corrected chi connectivity index (χ1v) is 7.11. The van der Waals surface area contributed by atoms with Crippen molar-refractivity contribution in [1.29, 1.82) is 0 Å². The van der Waals surface area contributed by atoms with E-state index < -0.39 is 17.6 Å². The molecule has 0 saturated heterocycles. The molecule has 0 spiro atoms. The van der Waals surface area contributed by atoms with Crippen molar-refractivity contribution in [2.45, 2.75) is 12.7 Å². The number of hydrogen-bond acceptors (Lipinski definition) is 4. The lowest BCUT2D eigenvalue weighted by Crippen LogP contribution is -2.12. The lowest BCUT2D eigenvalue weighted by atomic mass is 10.1. The van der Waals surface area contributed by atoms with Crippen LogP contribution in [0.2, 0.25) is 0 Å². The van der Waals surface area contributed by atoms with Crippen LogP contribution >= 0.6 is 11.3 Å². The number of fused-ring (bicyclic) bond motifs is 1. The average Bonchev–Trinajstić information content (AvgIpc) is 2.94. The van der Waals surface area contributed by atoms with Gasteiger partial charge in [-0.25, -0.2) is 14.4 Å². The van der Waals surface area contributed by atoms with E-state index in [2.05, 4.69) is 15.3 Å². The summed E-state index contributed by atoms with van der Waals surface area (Å²) in [6, 6.07) is 4.42. The normalized spacial score (nSPS) is 11.8. The van der Waals surface area contributed by atoms with Gasteiger partial charge in [-0.2, -0.15) is 13.2 Å². The molecule has 0 radical (unpaired) electrons. The third kappa shape index (κ3) is 2.87. The number of alkyl halides is 3. The molecule has 3 nitrogen and oxygen atoms in total. The van der Waals surface area contributed by atoms with Crippen molar-refractivity contribution in [3.05, 3.63) is 52.9 Å². The summed E-state index contributed by atoms with van der Waals surface area (Å²) >= 11 is 1.41. The minimum absolute atomic E-state index is 0.0455. The standard InChI is InChI=1S/C14H9F4N3S/c15-9-2-1-8(11(5-9)14(16,17)18)6-19-12-10-3-4-22-13(10)21-7-20-12/h1-5,7H,6H2,(H,19,20,21). The summed E-state index contributed by atoms with van der Waals surface area (Å²) < 4.78 is 51.9. The van der Waals surface area contributed by atoms with Crippen molar-refractivity contribution in [1.82, 2.24) is 9.97 Å². The fourth-order valence-corrected chi connectivity index (χ4v) is 2.81. The first-order valence-electron chi connectivity index (χ1n) is 6.23. The Labute approximate surface area is 126 Å². The molecule has 0 bridgehead atoms. The summed E-state index contributed by atoms with van der Waals surface area (Å²) in [6.07, 6.45) is -3.26. The summed E-state index contributed by atoms with van der Waals surface area (Å²) in [5.41, 5.74) is -1.04. The third-order valence-corrected chi connectivity index (χ3v) is 3.91. The van der Waals surface area contributed by atoms with Crippen molar-refractivity contribution in [3.8, 4) is 0 Å². The molecule has 0 atom stereocenters. The van der Waals surface area contributed by atoms with Gasteiger partial charge in [-0.05, 0) is 29.1 Å². The molecule has 0 unspecified atom stereocenters. The van der Waals surface area contributed by atoms with Crippen LogP contribution in [0.3, 0.4) is 0 Å². The van der Waals surface area contributed by atoms with E-state index in [9.17, 15) is 17.6 Å². The number of rotatable bonds is 3. The average molecular weight is 327 g/mol. The van der Waals surface area contributed by atoms with Crippen LogP contribution in [-0.4, -0.2) is 9.97 Å². The fraction of sp³-hybridized carbons (Fsp3) is 0.143. The minimum Gasteiger partial charge on any atom is -0.365 e. The molecular formula is C14H9F4N3S. The molecule has 114 valence electrons. The zero-order chi connectivity index (χ0) is 15.7. The molecule has 0 amide bonds. The molecule has 3 aromatic rings. The van der Waals surface area contributed by atoms with Crippen LogP contribution in [0.5, 0.6) is 0 Å². The van der Waals surface area contributed by atoms with Crippen molar-refractivity contribution < 1.29 is 17.6 Å². The minimum atomic E-state index is -4.61. The largest absolute Gasteiger partial charge is 0.416 e. The van der Waals surface area contributed by atoms with E-state index in [0.717, 1.165) is 22.3 Å². The topological polar surface area (TPSA) is 37.8 Å². The molecule has 0 saturated carbocycles. The van der Waals surface area contributed by atoms with Crippen LogP contribution in [-0.2, 0) is 12.7 Å². The Kier molecular flexibility index (Phi) is 3.69. The summed E-state index contributed by atoms with van der Waals surface area (Å²) in [4.78, 5) is 8.84. The maximum atomic E-state index is 13.1. The predicted octanol–water partition coefficient (Wildman–Crippen LogP) is 4.46. The smallest absolute Gasteiger partial charge is 0.365 e. The highest BCUT2D eigenvalue weighted by molar-refractivity contribution is 7.16. The number of nitrogens with zero attached hydrogens (tertiary/aromatic N) is 2. The lowest BCUT2D eigenvalue weighted by molar-refractivity contribution is -0.138. The maximum absolute atomic E-state index is 13.1. The van der Waals surface area contributed by atoms with E-state index in [1.54, 1.807) is 6.07 Å². The lowest BCUT2D eigenvalue weighted by Gasteiger charge is -2.14. The second-order valence-electron chi connectivity index (χ2n) is 4.51. The maximum Gasteiger partial charge on any atom is 0.416 e. The van der Waals surface area contributed by atoms with Gasteiger partial charge in [0.05, 0.1) is 10.9 Å². The van der Waals surface area contributed by atoms with Gasteiger partial charge < -0.3 is 5.32 Å². The van der Waals surface area contributed by atoms with Crippen molar-refractivity contribution in [2.75, 3.05) is 5.32 Å². The second-order valence-corrected chi connectivity index (χ2v) is 5.41. The number of anilines is 1. The van der Waals surface area contributed by atoms with Gasteiger partial charge in [0.15, 0.2) is 0 Å². The van der Waals surface area contributed by atoms with E-state index in [0.29, 0.717) is 11.9 Å². The summed E-state index contributed by atoms with van der Waals surface area (Å²) in [6.45, 7) is -0.114. The van der Waals surface area contributed by atoms with Gasteiger partial charge in [-0.1, -0.05) is 6.07 Å². The Morgan fingerprint density at radius 2 is 1.95 bits per heavy atom. The molecule has 0 aliphatic carbocycles. The van der Waals surface area contributed by atoms with Gasteiger partial charge in [0, 0.05) is 6.54 Å². The van der Waals surface area contributed by atoms with Crippen LogP contribution < -0.4 is 5.32 Å². The zero-order valence-corrected chi connectivity index (χ0v) is 11.8. The molecule has 0 fully saturated rings. The number of hydrogen-bond donors (Lipinski definition) is 1. The van der Waals surface area contributed by atoms with E-state index in [4.69, 9.17) is 0 Å². The summed E-state index contributed by atoms with van der Waals surface area (Å²) in [5, 5.41) is 5.42. The highest BCUT2D eigenvalue weighted by Crippen LogP contribution is 2.33. The van der Waals surface area contributed by atoms with Crippen LogP contribution in [0.4, 0.5) is 23.4 Å². The fourth-order valence-electron chi connectivity index (χ4n) is 2.08. The number of aromatic nitrogens is 2. The van der Waals surface area contributed by atoms with E-state index in [1.807, 2.05) is 5.38 Å².